The van der Waals surface area contributed by atoms with Gasteiger partial charge < -0.3 is 5.11 Å². The molecule has 0 heterocycles. The van der Waals surface area contributed by atoms with Crippen LogP contribution in [-0.4, -0.2) is 11.1 Å². The zero-order valence-electron chi connectivity index (χ0n) is 6.98. The lowest BCUT2D eigenvalue weighted by molar-refractivity contribution is -0.137. The Bertz CT molecular complexity index is 123. The third-order valence-electron chi connectivity index (χ3n) is 0.703. The highest BCUT2D eigenvalue weighted by Crippen LogP contribution is 1.97. The summed E-state index contributed by atoms with van der Waals surface area (Å²) < 4.78 is 14.3. The Hall–Kier alpha value is -0.530. The molecule has 0 radical (unpaired) electrons. The molecule has 0 spiro atoms. The fourth-order valence-corrected chi connectivity index (χ4v) is 0.372. The molecule has 1 N–H and O–H groups in total. The van der Waals surface area contributed by atoms with Crippen molar-refractivity contribution < 1.29 is 12.6 Å². The van der Waals surface area contributed by atoms with Gasteiger partial charge in [-0.05, 0) is 6.37 Å². The second-order valence-electron chi connectivity index (χ2n) is 1.57. The molecule has 0 aliphatic heterocycles. The fraction of sp³-hybridized carbons (Fsp3) is 0.833. The van der Waals surface area contributed by atoms with Crippen molar-refractivity contribution in [3.8, 4) is 0 Å². The largest absolute Gasteiger partial charge is 0.481 e. The number of hydrogen-bond acceptors (Lipinski definition) is 1. The average Bonchev–Trinajstić information content (AvgIpc) is 1.59. The molecule has 0 saturated heterocycles. The second-order valence-corrected chi connectivity index (χ2v) is 1.57. The molecule has 8 heavy (non-hydrogen) atoms. The Morgan fingerprint density at radius 1 is 1.88 bits per heavy atom. The first kappa shape index (κ1) is 4.36. The Balaban J connectivity index is 3.74. The molecular formula is C6H12O2. The van der Waals surface area contributed by atoms with E-state index < -0.39 is 12.3 Å². The Labute approximate surface area is 52.3 Å². The number of hydrogen-bond donors (Lipinski definition) is 1. The monoisotopic (exact) mass is 118 g/mol. The zero-order chi connectivity index (χ0) is 8.20. The standard InChI is InChI=1S/C6H12O2/c1-2-3-4-5-6(7)8/h2-5H2,1H3,(H,7,8)/i4D2. The van der Waals surface area contributed by atoms with E-state index in [4.69, 9.17) is 7.85 Å². The topological polar surface area (TPSA) is 37.3 Å². The van der Waals surface area contributed by atoms with Gasteiger partial charge in [-0.3, -0.25) is 4.79 Å². The van der Waals surface area contributed by atoms with E-state index in [1.165, 1.54) is 0 Å². The van der Waals surface area contributed by atoms with Crippen LogP contribution in [0.25, 0.3) is 0 Å². The van der Waals surface area contributed by atoms with Gasteiger partial charge in [0.1, 0.15) is 0 Å². The first-order valence-electron chi connectivity index (χ1n) is 3.70. The highest BCUT2D eigenvalue weighted by Gasteiger charge is 1.92. The van der Waals surface area contributed by atoms with Gasteiger partial charge >= 0.3 is 5.97 Å². The summed E-state index contributed by atoms with van der Waals surface area (Å²) in [6.07, 6.45) is -0.916. The second kappa shape index (κ2) is 4.62. The first-order chi connectivity index (χ1) is 4.48. The summed E-state index contributed by atoms with van der Waals surface area (Å²) >= 11 is 0. The average molecular weight is 118 g/mol. The van der Waals surface area contributed by atoms with Gasteiger partial charge in [0.15, 0.2) is 0 Å². The summed E-state index contributed by atoms with van der Waals surface area (Å²) in [4.78, 5) is 10.0. The van der Waals surface area contributed by atoms with Gasteiger partial charge in [0, 0.05) is 9.16 Å². The highest BCUT2D eigenvalue weighted by molar-refractivity contribution is 5.66. The van der Waals surface area contributed by atoms with Crippen LogP contribution in [0.4, 0.5) is 0 Å². The maximum atomic E-state index is 10.0. The van der Waals surface area contributed by atoms with Crippen LogP contribution in [0.1, 0.15) is 35.3 Å². The van der Waals surface area contributed by atoms with Gasteiger partial charge in [0.05, 0.1) is 0 Å². The third-order valence-corrected chi connectivity index (χ3v) is 0.703. The van der Waals surface area contributed by atoms with Gasteiger partial charge in [0.2, 0.25) is 0 Å². The van der Waals surface area contributed by atoms with E-state index in [-0.39, 0.29) is 6.42 Å². The van der Waals surface area contributed by atoms with Crippen LogP contribution in [0.15, 0.2) is 0 Å². The third kappa shape index (κ3) is 5.47. The van der Waals surface area contributed by atoms with Gasteiger partial charge in [0.25, 0.3) is 0 Å². The van der Waals surface area contributed by atoms with Crippen LogP contribution in [0.5, 0.6) is 0 Å². The van der Waals surface area contributed by atoms with Crippen molar-refractivity contribution in [2.24, 2.45) is 0 Å². The summed E-state index contributed by atoms with van der Waals surface area (Å²) in [5.74, 6) is -1.07. The molecule has 2 nitrogen and oxygen atoms in total. The minimum atomic E-state index is -1.53. The van der Waals surface area contributed by atoms with Crippen molar-refractivity contribution in [2.75, 3.05) is 0 Å². The van der Waals surface area contributed by atoms with E-state index in [0.717, 1.165) is 0 Å². The normalized spacial score (nSPS) is 14.6. The van der Waals surface area contributed by atoms with E-state index in [9.17, 15) is 4.79 Å². The van der Waals surface area contributed by atoms with Crippen LogP contribution < -0.4 is 0 Å². The number of carbonyl (C=O) groups is 1. The van der Waals surface area contributed by atoms with Gasteiger partial charge in [-0.15, -0.1) is 0 Å². The lowest BCUT2D eigenvalue weighted by Gasteiger charge is -1.89. The van der Waals surface area contributed by atoms with Gasteiger partial charge in [-0.2, -0.15) is 0 Å². The Kier molecular flexibility index (Phi) is 2.52. The van der Waals surface area contributed by atoms with Crippen molar-refractivity contribution in [1.29, 1.82) is 0 Å². The molecule has 0 aromatic rings. The molecule has 0 unspecified atom stereocenters. The van der Waals surface area contributed by atoms with Crippen LogP contribution >= 0.6 is 0 Å². The molecular weight excluding hydrogens is 104 g/mol. The summed E-state index contributed by atoms with van der Waals surface area (Å²) in [7, 11) is 0. The first-order valence-corrected chi connectivity index (χ1v) is 2.70. The van der Waals surface area contributed by atoms with Gasteiger partial charge in [-0.1, -0.05) is 19.8 Å². The molecule has 0 aromatic heterocycles. The van der Waals surface area contributed by atoms with Crippen molar-refractivity contribution in [2.45, 2.75) is 32.6 Å². The zero-order valence-corrected chi connectivity index (χ0v) is 4.98. The summed E-state index contributed by atoms with van der Waals surface area (Å²) in [6.45, 7) is 1.83. The van der Waals surface area contributed by atoms with Crippen LogP contribution in [0.3, 0.4) is 0 Å². The summed E-state index contributed by atoms with van der Waals surface area (Å²) in [6, 6.07) is 0. The SMILES string of the molecule is [2H]C([2H])(CCC)CC(=O)O. The molecule has 0 aromatic carbocycles. The van der Waals surface area contributed by atoms with Crippen LogP contribution in [0, 0.1) is 0 Å². The van der Waals surface area contributed by atoms with Crippen molar-refractivity contribution in [1.82, 2.24) is 0 Å². The van der Waals surface area contributed by atoms with Crippen LogP contribution in [-0.2, 0) is 4.79 Å². The quantitative estimate of drug-likeness (QED) is 0.609. The Morgan fingerprint density at radius 2 is 2.50 bits per heavy atom. The molecule has 0 rings (SSSR count). The molecule has 0 bridgehead atoms. The predicted molar refractivity (Wildman–Crippen MR) is 31.8 cm³/mol. The van der Waals surface area contributed by atoms with E-state index in [0.29, 0.717) is 12.8 Å². The number of carboxylic acids is 1. The minimum Gasteiger partial charge on any atom is -0.481 e. The van der Waals surface area contributed by atoms with Crippen molar-refractivity contribution in [3.63, 3.8) is 0 Å². The molecule has 0 aliphatic carbocycles. The van der Waals surface area contributed by atoms with Crippen molar-refractivity contribution in [3.05, 3.63) is 0 Å². The fourth-order valence-electron chi connectivity index (χ4n) is 0.372. The molecule has 0 saturated carbocycles. The molecule has 0 aliphatic rings. The van der Waals surface area contributed by atoms with E-state index in [1.54, 1.807) is 0 Å². The van der Waals surface area contributed by atoms with Gasteiger partial charge in [-0.25, -0.2) is 0 Å². The molecule has 2 heteroatoms. The molecule has 48 valence electrons. The number of carboxylic acid groups (broad SMARTS) is 1. The lowest BCUT2D eigenvalue weighted by atomic mass is 10.2. The molecule has 0 atom stereocenters. The minimum absolute atomic E-state index is 0.319. The number of rotatable bonds is 4. The van der Waals surface area contributed by atoms with Crippen LogP contribution in [0.2, 0.25) is 0 Å². The predicted octanol–water partition coefficient (Wildman–Crippen LogP) is 1.65. The number of aliphatic carboxylic acids is 1. The van der Waals surface area contributed by atoms with E-state index >= 15 is 0 Å². The highest BCUT2D eigenvalue weighted by atomic mass is 16.4. The Morgan fingerprint density at radius 3 is 2.88 bits per heavy atom. The smallest absolute Gasteiger partial charge is 0.303 e. The summed E-state index contributed by atoms with van der Waals surface area (Å²) in [5, 5.41) is 8.24. The molecule has 0 amide bonds. The van der Waals surface area contributed by atoms with Crippen molar-refractivity contribution >= 4 is 5.97 Å². The maximum absolute atomic E-state index is 10.0. The summed E-state index contributed by atoms with van der Waals surface area (Å²) in [5.41, 5.74) is 0. The van der Waals surface area contributed by atoms with E-state index in [2.05, 4.69) is 0 Å². The lowest BCUT2D eigenvalue weighted by Crippen LogP contribution is -1.92. The molecule has 0 fully saturated rings. The maximum Gasteiger partial charge on any atom is 0.303 e. The van der Waals surface area contributed by atoms with E-state index in [1.807, 2.05) is 6.92 Å².